The summed E-state index contributed by atoms with van der Waals surface area (Å²) in [6.45, 7) is 5.75. The fourth-order valence-electron chi connectivity index (χ4n) is 2.13. The Balaban J connectivity index is -0.000000167. The zero-order valence-electron chi connectivity index (χ0n) is 20.6. The first-order valence-electron chi connectivity index (χ1n) is 9.33. The standard InChI is InChI=1S/C9H9N.C7H9N.C5H12O3.2CH4O.2Y/c1-7-6-8-4-2-3-5-9(8)10-7;1-6-4-2-3-5-7(6)8;1-5(6-2,7-3)8-4;2*1-2;;/h2-5H,6H2,1H3;2-5H,8H2,1H3;1-4H3;2*2H,1H3;;. The van der Waals surface area contributed by atoms with Crippen molar-refractivity contribution in [3.05, 3.63) is 59.7 Å². The molecule has 2 aromatic carbocycles. The largest absolute Gasteiger partial charge is 0.400 e. The van der Waals surface area contributed by atoms with Gasteiger partial charge in [-0.1, -0.05) is 36.4 Å². The van der Waals surface area contributed by atoms with Crippen LogP contribution in [0.25, 0.3) is 0 Å². The van der Waals surface area contributed by atoms with E-state index in [0.717, 1.165) is 37.6 Å². The molecule has 7 nitrogen and oxygen atoms in total. The number of fused-ring (bicyclic) bond motifs is 1. The Kier molecular flexibility index (Phi) is 29.4. The Bertz CT molecular complexity index is 698. The summed E-state index contributed by atoms with van der Waals surface area (Å²) < 4.78 is 14.4. The first-order valence-corrected chi connectivity index (χ1v) is 9.33. The Morgan fingerprint density at radius 2 is 1.25 bits per heavy atom. The summed E-state index contributed by atoms with van der Waals surface area (Å²) in [4.78, 5) is 4.37. The third-order valence-electron chi connectivity index (χ3n) is 4.05. The van der Waals surface area contributed by atoms with Crippen LogP contribution in [0.5, 0.6) is 0 Å². The van der Waals surface area contributed by atoms with Crippen LogP contribution >= 0.6 is 0 Å². The molecule has 4 N–H and O–H groups in total. The van der Waals surface area contributed by atoms with E-state index in [1.165, 1.54) is 32.6 Å². The molecule has 1 aliphatic heterocycles. The van der Waals surface area contributed by atoms with E-state index >= 15 is 0 Å². The molecule has 0 saturated carbocycles. The van der Waals surface area contributed by atoms with Gasteiger partial charge in [0, 0.05) is 126 Å². The number of hydrogen-bond donors (Lipinski definition) is 3. The number of aliphatic hydroxyl groups excluding tert-OH is 2. The molecule has 0 atom stereocenters. The number of nitrogens with zero attached hydrogens (tertiary/aromatic N) is 1. The molecule has 0 bridgehead atoms. The summed E-state index contributed by atoms with van der Waals surface area (Å²) in [5, 5.41) is 14.0. The number of methoxy groups -OCH3 is 3. The average molecular weight is 600 g/mol. The molecule has 0 aromatic heterocycles. The summed E-state index contributed by atoms with van der Waals surface area (Å²) in [5.41, 5.74) is 11.3. The van der Waals surface area contributed by atoms with E-state index in [1.54, 1.807) is 6.92 Å². The second kappa shape index (κ2) is 24.1. The number of ether oxygens (including phenoxy) is 3. The maximum absolute atomic E-state index is 7.00. The number of aliphatic hydroxyl groups is 2. The van der Waals surface area contributed by atoms with Crippen molar-refractivity contribution in [2.24, 2.45) is 4.99 Å². The van der Waals surface area contributed by atoms with Crippen LogP contribution in [0.2, 0.25) is 0 Å². The number of anilines is 1. The second-order valence-corrected chi connectivity index (χ2v) is 5.98. The number of nitrogen functional groups attached to an aromatic ring is 1. The van der Waals surface area contributed by atoms with E-state index in [1.807, 2.05) is 37.3 Å². The Morgan fingerprint density at radius 3 is 1.59 bits per heavy atom. The van der Waals surface area contributed by atoms with Gasteiger partial charge in [0.15, 0.2) is 0 Å². The molecule has 32 heavy (non-hydrogen) atoms. The van der Waals surface area contributed by atoms with Crippen molar-refractivity contribution >= 4 is 17.1 Å². The predicted octanol–water partition coefficient (Wildman–Crippen LogP) is 3.72. The van der Waals surface area contributed by atoms with Crippen LogP contribution in [0.15, 0.2) is 53.5 Å². The zero-order valence-corrected chi connectivity index (χ0v) is 26.3. The van der Waals surface area contributed by atoms with Crippen LogP contribution < -0.4 is 5.73 Å². The van der Waals surface area contributed by atoms with E-state index in [0.29, 0.717) is 0 Å². The van der Waals surface area contributed by atoms with Crippen molar-refractivity contribution in [3.8, 4) is 0 Å². The van der Waals surface area contributed by atoms with E-state index in [9.17, 15) is 0 Å². The number of para-hydroxylation sites is 2. The van der Waals surface area contributed by atoms with Gasteiger partial charge in [0.1, 0.15) is 0 Å². The summed E-state index contributed by atoms with van der Waals surface area (Å²) in [6.07, 6.45) is 1.04. The van der Waals surface area contributed by atoms with Crippen molar-refractivity contribution in [2.75, 3.05) is 41.3 Å². The predicted molar refractivity (Wildman–Crippen MR) is 124 cm³/mol. The van der Waals surface area contributed by atoms with Gasteiger partial charge in [-0.05, 0) is 37.1 Å². The number of aliphatic imine (C=N–C) groups is 1. The van der Waals surface area contributed by atoms with Crippen molar-refractivity contribution in [1.29, 1.82) is 0 Å². The summed E-state index contributed by atoms with van der Waals surface area (Å²) >= 11 is 0. The fraction of sp³-hybridized carbons (Fsp3) is 0.435. The Hall–Kier alpha value is -0.0822. The molecule has 176 valence electrons. The molecule has 0 fully saturated rings. The van der Waals surface area contributed by atoms with E-state index in [2.05, 4.69) is 30.1 Å². The maximum atomic E-state index is 7.00. The number of rotatable bonds is 3. The zero-order chi connectivity index (χ0) is 23.6. The van der Waals surface area contributed by atoms with Gasteiger partial charge >= 0.3 is 0 Å². The molecule has 0 unspecified atom stereocenters. The average Bonchev–Trinajstić information content (AvgIpc) is 3.19. The molecule has 0 aliphatic carbocycles. The number of hydrogen-bond acceptors (Lipinski definition) is 7. The Morgan fingerprint density at radius 1 is 0.812 bits per heavy atom. The number of aryl methyl sites for hydroxylation is 1. The van der Waals surface area contributed by atoms with Gasteiger partial charge in [-0.25, -0.2) is 0 Å². The molecular weight excluding hydrogens is 562 g/mol. The number of benzene rings is 2. The third-order valence-corrected chi connectivity index (χ3v) is 4.05. The molecule has 2 radical (unpaired) electrons. The third kappa shape index (κ3) is 16.5. The molecule has 9 heteroatoms. The smallest absolute Gasteiger partial charge is 0.279 e. The first-order chi connectivity index (χ1) is 14.3. The SMILES string of the molecule is CC1=Nc2ccccc2C1.CO.CO.COC(C)(OC)OC.Cc1ccccc1N.[Y].[Y]. The Labute approximate surface area is 243 Å². The van der Waals surface area contributed by atoms with Gasteiger partial charge in [0.25, 0.3) is 5.97 Å². The summed E-state index contributed by atoms with van der Waals surface area (Å²) in [7, 11) is 6.56. The van der Waals surface area contributed by atoms with Crippen LogP contribution in [0.4, 0.5) is 11.4 Å². The molecule has 0 spiro atoms. The van der Waals surface area contributed by atoms with Crippen molar-refractivity contribution < 1.29 is 89.8 Å². The van der Waals surface area contributed by atoms with Crippen LogP contribution in [0, 0.1) is 6.92 Å². The van der Waals surface area contributed by atoms with Crippen molar-refractivity contribution in [3.63, 3.8) is 0 Å². The fourth-order valence-corrected chi connectivity index (χ4v) is 2.13. The molecule has 0 amide bonds. The minimum absolute atomic E-state index is 0. The first kappa shape index (κ1) is 39.1. The van der Waals surface area contributed by atoms with Gasteiger partial charge in [-0.2, -0.15) is 0 Å². The minimum Gasteiger partial charge on any atom is -0.400 e. The number of nitrogens with two attached hydrogens (primary N) is 1. The van der Waals surface area contributed by atoms with Crippen LogP contribution in [-0.4, -0.2) is 57.4 Å². The summed E-state index contributed by atoms with van der Waals surface area (Å²) in [6, 6.07) is 16.1. The van der Waals surface area contributed by atoms with Crippen molar-refractivity contribution in [2.45, 2.75) is 33.2 Å². The van der Waals surface area contributed by atoms with Gasteiger partial charge in [-0.3, -0.25) is 4.99 Å². The van der Waals surface area contributed by atoms with Gasteiger partial charge in [0.2, 0.25) is 0 Å². The van der Waals surface area contributed by atoms with Crippen LogP contribution in [-0.2, 0) is 86.0 Å². The normalized spacial score (nSPS) is 10.2. The van der Waals surface area contributed by atoms with Gasteiger partial charge in [-0.15, -0.1) is 0 Å². The molecule has 1 aliphatic rings. The van der Waals surface area contributed by atoms with E-state index < -0.39 is 5.97 Å². The molecule has 1 heterocycles. The van der Waals surface area contributed by atoms with Crippen LogP contribution in [0.3, 0.4) is 0 Å². The summed E-state index contributed by atoms with van der Waals surface area (Å²) in [5.74, 6) is -0.875. The maximum Gasteiger partial charge on any atom is 0.279 e. The van der Waals surface area contributed by atoms with Gasteiger partial charge < -0.3 is 30.2 Å². The van der Waals surface area contributed by atoms with E-state index in [-0.39, 0.29) is 65.4 Å². The molecule has 3 rings (SSSR count). The quantitative estimate of drug-likeness (QED) is 0.367. The van der Waals surface area contributed by atoms with Gasteiger partial charge in [0.05, 0.1) is 5.69 Å². The molecular formula is C23H38N2O5Y2. The van der Waals surface area contributed by atoms with Crippen molar-refractivity contribution in [1.82, 2.24) is 0 Å². The second-order valence-electron chi connectivity index (χ2n) is 5.98. The van der Waals surface area contributed by atoms with E-state index in [4.69, 9.17) is 30.2 Å². The van der Waals surface area contributed by atoms with Crippen LogP contribution in [0.1, 0.15) is 25.0 Å². The minimum atomic E-state index is -0.875. The molecule has 2 aromatic rings. The molecule has 0 saturated heterocycles. The monoisotopic (exact) mass is 600 g/mol. The topological polar surface area (TPSA) is 107 Å².